The minimum atomic E-state index is 0.510. The van der Waals surface area contributed by atoms with Crippen molar-refractivity contribution in [3.63, 3.8) is 0 Å². The van der Waals surface area contributed by atoms with Crippen molar-refractivity contribution in [2.45, 2.75) is 52.0 Å². The molecular formula is C16H25NO. The molecule has 1 aliphatic rings. The lowest BCUT2D eigenvalue weighted by Crippen LogP contribution is -2.24. The Bertz CT molecular complexity index is 406. The maximum Gasteiger partial charge on any atom is 0.125 e. The normalized spacial score (nSPS) is 19.5. The van der Waals surface area contributed by atoms with Crippen LogP contribution in [-0.4, -0.2) is 19.7 Å². The van der Waals surface area contributed by atoms with Crippen LogP contribution in [-0.2, 0) is 6.42 Å². The summed E-state index contributed by atoms with van der Waals surface area (Å²) in [6, 6.07) is 5.12. The Hall–Kier alpha value is -1.02. The summed E-state index contributed by atoms with van der Waals surface area (Å²) in [5.41, 5.74) is 4.09. The third-order valence-electron chi connectivity index (χ3n) is 3.89. The van der Waals surface area contributed by atoms with Crippen LogP contribution < -0.4 is 10.1 Å². The molecule has 1 unspecified atom stereocenters. The minimum absolute atomic E-state index is 0.510. The Kier molecular flexibility index (Phi) is 4.28. The summed E-state index contributed by atoms with van der Waals surface area (Å²) in [5.74, 6) is 1.59. The zero-order valence-corrected chi connectivity index (χ0v) is 12.0. The van der Waals surface area contributed by atoms with Gasteiger partial charge in [0.1, 0.15) is 5.75 Å². The van der Waals surface area contributed by atoms with E-state index in [0.29, 0.717) is 12.0 Å². The van der Waals surface area contributed by atoms with E-state index in [1.165, 1.54) is 36.1 Å². The zero-order valence-electron chi connectivity index (χ0n) is 12.0. The zero-order chi connectivity index (χ0) is 13.1. The van der Waals surface area contributed by atoms with Crippen LogP contribution in [0.2, 0.25) is 0 Å². The lowest BCUT2D eigenvalue weighted by Gasteiger charge is -2.21. The summed E-state index contributed by atoms with van der Waals surface area (Å²) in [4.78, 5) is 0. The Morgan fingerprint density at radius 3 is 2.72 bits per heavy atom. The molecule has 1 aromatic rings. The van der Waals surface area contributed by atoms with Crippen molar-refractivity contribution in [3.05, 3.63) is 28.8 Å². The summed E-state index contributed by atoms with van der Waals surface area (Å²) in [6.07, 6.45) is 3.74. The van der Waals surface area contributed by atoms with Crippen LogP contribution in [0.25, 0.3) is 0 Å². The van der Waals surface area contributed by atoms with Crippen molar-refractivity contribution in [1.29, 1.82) is 0 Å². The minimum Gasteiger partial charge on any atom is -0.496 e. The summed E-state index contributed by atoms with van der Waals surface area (Å²) in [5, 5.41) is 3.58. The monoisotopic (exact) mass is 247 g/mol. The van der Waals surface area contributed by atoms with Gasteiger partial charge in [0.25, 0.3) is 0 Å². The van der Waals surface area contributed by atoms with Gasteiger partial charge in [-0.05, 0) is 49.8 Å². The van der Waals surface area contributed by atoms with Gasteiger partial charge in [-0.25, -0.2) is 0 Å². The van der Waals surface area contributed by atoms with Crippen molar-refractivity contribution in [2.24, 2.45) is 0 Å². The molecule has 1 heterocycles. The lowest BCUT2D eigenvalue weighted by atomic mass is 9.90. The quantitative estimate of drug-likeness (QED) is 0.880. The van der Waals surface area contributed by atoms with Crippen LogP contribution in [0.5, 0.6) is 5.75 Å². The molecule has 0 aromatic heterocycles. The maximum absolute atomic E-state index is 5.62. The van der Waals surface area contributed by atoms with Gasteiger partial charge in [-0.15, -0.1) is 0 Å². The van der Waals surface area contributed by atoms with Gasteiger partial charge < -0.3 is 10.1 Å². The van der Waals surface area contributed by atoms with Crippen molar-refractivity contribution >= 4 is 0 Å². The number of aryl methyl sites for hydroxylation is 1. The second-order valence-corrected chi connectivity index (χ2v) is 5.64. The SMILES string of the molecule is COc1c(C)ccc(CC2CCCN2)c1C(C)C. The second-order valence-electron chi connectivity index (χ2n) is 5.64. The molecule has 0 amide bonds. The number of benzene rings is 1. The highest BCUT2D eigenvalue weighted by Crippen LogP contribution is 2.34. The van der Waals surface area contributed by atoms with E-state index in [-0.39, 0.29) is 0 Å². The van der Waals surface area contributed by atoms with Crippen LogP contribution in [0.1, 0.15) is 49.3 Å². The summed E-state index contributed by atoms with van der Waals surface area (Å²) in [7, 11) is 1.78. The van der Waals surface area contributed by atoms with Crippen molar-refractivity contribution in [3.8, 4) is 5.75 Å². The Morgan fingerprint density at radius 1 is 1.39 bits per heavy atom. The molecular weight excluding hydrogens is 222 g/mol. The molecule has 2 heteroatoms. The molecule has 2 nitrogen and oxygen atoms in total. The number of nitrogens with one attached hydrogen (secondary N) is 1. The topological polar surface area (TPSA) is 21.3 Å². The summed E-state index contributed by atoms with van der Waals surface area (Å²) in [6.45, 7) is 7.80. The molecule has 0 bridgehead atoms. The molecule has 0 radical (unpaired) electrons. The van der Waals surface area contributed by atoms with E-state index in [1.807, 2.05) is 0 Å². The first-order valence-electron chi connectivity index (χ1n) is 7.03. The Morgan fingerprint density at radius 2 is 2.17 bits per heavy atom. The van der Waals surface area contributed by atoms with Gasteiger partial charge in [-0.3, -0.25) is 0 Å². The predicted molar refractivity (Wildman–Crippen MR) is 76.5 cm³/mol. The molecule has 1 atom stereocenters. The first-order valence-corrected chi connectivity index (χ1v) is 7.03. The van der Waals surface area contributed by atoms with Crippen molar-refractivity contribution in [1.82, 2.24) is 5.32 Å². The van der Waals surface area contributed by atoms with E-state index in [0.717, 1.165) is 12.2 Å². The van der Waals surface area contributed by atoms with Crippen LogP contribution in [0.4, 0.5) is 0 Å². The van der Waals surface area contributed by atoms with Gasteiger partial charge >= 0.3 is 0 Å². The van der Waals surface area contributed by atoms with Gasteiger partial charge in [-0.2, -0.15) is 0 Å². The van der Waals surface area contributed by atoms with E-state index in [9.17, 15) is 0 Å². The van der Waals surface area contributed by atoms with Gasteiger partial charge in [-0.1, -0.05) is 26.0 Å². The molecule has 1 N–H and O–H groups in total. The highest BCUT2D eigenvalue weighted by atomic mass is 16.5. The fourth-order valence-corrected chi connectivity index (χ4v) is 3.03. The molecule has 2 rings (SSSR count). The van der Waals surface area contributed by atoms with E-state index in [2.05, 4.69) is 38.2 Å². The molecule has 18 heavy (non-hydrogen) atoms. The third kappa shape index (κ3) is 2.69. The highest BCUT2D eigenvalue weighted by molar-refractivity contribution is 5.48. The number of hydrogen-bond donors (Lipinski definition) is 1. The van der Waals surface area contributed by atoms with Crippen LogP contribution in [0, 0.1) is 6.92 Å². The van der Waals surface area contributed by atoms with Crippen LogP contribution >= 0.6 is 0 Å². The van der Waals surface area contributed by atoms with Gasteiger partial charge in [0.15, 0.2) is 0 Å². The number of methoxy groups -OCH3 is 1. The average Bonchev–Trinajstić information content (AvgIpc) is 2.83. The molecule has 1 aromatic carbocycles. The maximum atomic E-state index is 5.62. The lowest BCUT2D eigenvalue weighted by molar-refractivity contribution is 0.403. The van der Waals surface area contributed by atoms with E-state index in [1.54, 1.807) is 7.11 Å². The summed E-state index contributed by atoms with van der Waals surface area (Å²) < 4.78 is 5.62. The number of rotatable bonds is 4. The third-order valence-corrected chi connectivity index (χ3v) is 3.89. The van der Waals surface area contributed by atoms with Gasteiger partial charge in [0.2, 0.25) is 0 Å². The largest absolute Gasteiger partial charge is 0.496 e. The predicted octanol–water partition coefficient (Wildman–Crippen LogP) is 3.42. The first kappa shape index (κ1) is 13.4. The van der Waals surface area contributed by atoms with E-state index < -0.39 is 0 Å². The Balaban J connectivity index is 2.33. The number of hydrogen-bond acceptors (Lipinski definition) is 2. The van der Waals surface area contributed by atoms with Crippen molar-refractivity contribution in [2.75, 3.05) is 13.7 Å². The van der Waals surface area contributed by atoms with Crippen molar-refractivity contribution < 1.29 is 4.74 Å². The van der Waals surface area contributed by atoms with E-state index >= 15 is 0 Å². The van der Waals surface area contributed by atoms with Crippen LogP contribution in [0.15, 0.2) is 12.1 Å². The number of ether oxygens (including phenoxy) is 1. The molecule has 1 fully saturated rings. The molecule has 0 aliphatic carbocycles. The molecule has 1 saturated heterocycles. The smallest absolute Gasteiger partial charge is 0.125 e. The average molecular weight is 247 g/mol. The van der Waals surface area contributed by atoms with E-state index in [4.69, 9.17) is 4.74 Å². The molecule has 0 saturated carbocycles. The molecule has 100 valence electrons. The fourth-order valence-electron chi connectivity index (χ4n) is 3.03. The van der Waals surface area contributed by atoms with Crippen LogP contribution in [0.3, 0.4) is 0 Å². The fraction of sp³-hybridized carbons (Fsp3) is 0.625. The Labute approximate surface area is 111 Å². The van der Waals surface area contributed by atoms with Gasteiger partial charge in [0, 0.05) is 11.6 Å². The molecule has 0 spiro atoms. The summed E-state index contributed by atoms with van der Waals surface area (Å²) >= 11 is 0. The molecule has 1 aliphatic heterocycles. The first-order chi connectivity index (χ1) is 8.63. The highest BCUT2D eigenvalue weighted by Gasteiger charge is 2.20. The van der Waals surface area contributed by atoms with Gasteiger partial charge in [0.05, 0.1) is 7.11 Å². The standard InChI is InChI=1S/C16H25NO/c1-11(2)15-13(10-14-6-5-9-17-14)8-7-12(3)16(15)18-4/h7-8,11,14,17H,5-6,9-10H2,1-4H3. The second kappa shape index (κ2) is 5.75.